The Bertz CT molecular complexity index is 810. The Labute approximate surface area is 183 Å². The third-order valence-corrected chi connectivity index (χ3v) is 4.61. The predicted molar refractivity (Wildman–Crippen MR) is 123 cm³/mol. The molecule has 0 fully saturated rings. The number of hydrogen-bond acceptors (Lipinski definition) is 4. The van der Waals surface area contributed by atoms with Gasteiger partial charge >= 0.3 is 0 Å². The summed E-state index contributed by atoms with van der Waals surface area (Å²) in [4.78, 5) is 23.7. The fourth-order valence-electron chi connectivity index (χ4n) is 2.80. The summed E-state index contributed by atoms with van der Waals surface area (Å²) in [5, 5.41) is 2.61. The Morgan fingerprint density at radius 1 is 0.833 bits per heavy atom. The molecule has 2 amide bonds. The Hall–Kier alpha value is -2.93. The average Bonchev–Trinajstić information content (AvgIpc) is 2.77. The maximum atomic E-state index is 11.9. The Kier molecular flexibility index (Phi) is 10.4. The number of carbonyl (C=O) groups excluding carboxylic acids is 2. The van der Waals surface area contributed by atoms with Gasteiger partial charge in [0.1, 0.15) is 5.75 Å². The van der Waals surface area contributed by atoms with Crippen LogP contribution in [-0.4, -0.2) is 23.5 Å². The van der Waals surface area contributed by atoms with E-state index in [1.165, 1.54) is 12.8 Å². The van der Waals surface area contributed by atoms with Crippen molar-refractivity contribution < 1.29 is 14.3 Å². The van der Waals surface area contributed by atoms with Crippen LogP contribution >= 0.6 is 12.2 Å². The van der Waals surface area contributed by atoms with E-state index in [1.807, 2.05) is 54.6 Å². The number of thiocarbonyl (C=S) groups is 1. The van der Waals surface area contributed by atoms with Crippen LogP contribution in [0.15, 0.2) is 54.6 Å². The minimum atomic E-state index is -0.404. The van der Waals surface area contributed by atoms with Gasteiger partial charge in [-0.05, 0) is 41.9 Å². The second-order valence-electron chi connectivity index (χ2n) is 6.89. The van der Waals surface area contributed by atoms with Crippen molar-refractivity contribution in [3.63, 3.8) is 0 Å². The summed E-state index contributed by atoms with van der Waals surface area (Å²) < 4.78 is 5.47. The topological polar surface area (TPSA) is 79.5 Å². The van der Waals surface area contributed by atoms with Crippen molar-refractivity contribution in [2.24, 2.45) is 0 Å². The smallest absolute Gasteiger partial charge is 0.276 e. The molecule has 0 aliphatic carbocycles. The molecule has 2 aromatic rings. The summed E-state index contributed by atoms with van der Waals surface area (Å²) in [5.41, 5.74) is 7.10. The zero-order chi connectivity index (χ0) is 21.6. The molecule has 0 heterocycles. The van der Waals surface area contributed by atoms with E-state index in [2.05, 4.69) is 23.1 Å². The lowest BCUT2D eigenvalue weighted by Crippen LogP contribution is -2.49. The van der Waals surface area contributed by atoms with Crippen molar-refractivity contribution in [2.45, 2.75) is 45.4 Å². The Balaban J connectivity index is 1.62. The zero-order valence-corrected chi connectivity index (χ0v) is 18.1. The van der Waals surface area contributed by atoms with Crippen LogP contribution in [0.5, 0.6) is 5.75 Å². The highest BCUT2D eigenvalue weighted by molar-refractivity contribution is 7.80. The molecule has 0 spiro atoms. The van der Waals surface area contributed by atoms with Crippen LogP contribution in [0, 0.1) is 0 Å². The first-order valence-electron chi connectivity index (χ1n) is 10.3. The van der Waals surface area contributed by atoms with Crippen molar-refractivity contribution in [3.05, 3.63) is 54.6 Å². The first-order valence-corrected chi connectivity index (χ1v) is 10.7. The number of ether oxygens (including phenoxy) is 1. The number of benzene rings is 2. The van der Waals surface area contributed by atoms with E-state index in [0.717, 1.165) is 30.4 Å². The Morgan fingerprint density at radius 3 is 2.20 bits per heavy atom. The number of hydrogen-bond donors (Lipinski definition) is 3. The lowest BCUT2D eigenvalue weighted by atomic mass is 10.1. The molecule has 2 aromatic carbocycles. The summed E-state index contributed by atoms with van der Waals surface area (Å²) in [7, 11) is 0. The number of hydrazine groups is 1. The third kappa shape index (κ3) is 9.05. The summed E-state index contributed by atoms with van der Waals surface area (Å²) in [5.74, 6) is 0.0232. The largest absolute Gasteiger partial charge is 0.484 e. The molecule has 2 rings (SSSR count). The monoisotopic (exact) mass is 427 g/mol. The first-order chi connectivity index (χ1) is 14.6. The van der Waals surface area contributed by atoms with Gasteiger partial charge in [-0.3, -0.25) is 20.4 Å². The van der Waals surface area contributed by atoms with Crippen molar-refractivity contribution in [1.82, 2.24) is 16.2 Å². The summed E-state index contributed by atoms with van der Waals surface area (Å²) in [6, 6.07) is 17.5. The standard InChI is InChI=1S/C23H29N3O3S/c1-2-3-4-5-9-12-21(27)24-23(30)26-25-22(28)17-29-20-15-13-19(14-16-20)18-10-7-6-8-11-18/h6-8,10-11,13-16H,2-5,9,12,17H2,1H3,(H,25,28)(H2,24,26,27,30). The molecule has 0 radical (unpaired) electrons. The molecular formula is C23H29N3O3S. The molecule has 0 atom stereocenters. The zero-order valence-electron chi connectivity index (χ0n) is 17.3. The van der Waals surface area contributed by atoms with Gasteiger partial charge in [0.25, 0.3) is 5.91 Å². The molecule has 7 heteroatoms. The normalized spacial score (nSPS) is 10.2. The molecule has 0 aromatic heterocycles. The molecule has 160 valence electrons. The van der Waals surface area contributed by atoms with Gasteiger partial charge in [0.05, 0.1) is 0 Å². The summed E-state index contributed by atoms with van der Waals surface area (Å²) >= 11 is 5.01. The van der Waals surface area contributed by atoms with Gasteiger partial charge in [-0.2, -0.15) is 0 Å². The van der Waals surface area contributed by atoms with Gasteiger partial charge < -0.3 is 10.1 Å². The van der Waals surface area contributed by atoms with Crippen LogP contribution in [0.25, 0.3) is 11.1 Å². The summed E-state index contributed by atoms with van der Waals surface area (Å²) in [6.07, 6.45) is 5.77. The van der Waals surface area contributed by atoms with E-state index < -0.39 is 5.91 Å². The molecule has 0 saturated carbocycles. The highest BCUT2D eigenvalue weighted by Gasteiger charge is 2.07. The molecule has 0 aliphatic rings. The molecule has 30 heavy (non-hydrogen) atoms. The van der Waals surface area contributed by atoms with Crippen LogP contribution in [0.3, 0.4) is 0 Å². The van der Waals surface area contributed by atoms with E-state index in [0.29, 0.717) is 12.2 Å². The van der Waals surface area contributed by atoms with Gasteiger partial charge in [-0.1, -0.05) is 75.1 Å². The maximum Gasteiger partial charge on any atom is 0.276 e. The maximum absolute atomic E-state index is 11.9. The minimum absolute atomic E-state index is 0.0640. The van der Waals surface area contributed by atoms with E-state index in [4.69, 9.17) is 17.0 Å². The number of rotatable bonds is 10. The second-order valence-corrected chi connectivity index (χ2v) is 7.30. The number of unbranched alkanes of at least 4 members (excludes halogenated alkanes) is 4. The van der Waals surface area contributed by atoms with E-state index in [1.54, 1.807) is 0 Å². The molecular weight excluding hydrogens is 398 g/mol. The van der Waals surface area contributed by atoms with Crippen molar-refractivity contribution in [1.29, 1.82) is 0 Å². The highest BCUT2D eigenvalue weighted by Crippen LogP contribution is 2.21. The van der Waals surface area contributed by atoms with Crippen LogP contribution in [0.4, 0.5) is 0 Å². The molecule has 0 unspecified atom stereocenters. The SMILES string of the molecule is CCCCCCCC(=O)NC(=S)NNC(=O)COc1ccc(-c2ccccc2)cc1. The predicted octanol–water partition coefficient (Wildman–Crippen LogP) is 4.11. The quantitative estimate of drug-likeness (QED) is 0.302. The van der Waals surface area contributed by atoms with E-state index >= 15 is 0 Å². The minimum Gasteiger partial charge on any atom is -0.484 e. The van der Waals surface area contributed by atoms with Crippen LogP contribution in [0.2, 0.25) is 0 Å². The number of nitrogens with one attached hydrogen (secondary N) is 3. The molecule has 0 aliphatic heterocycles. The van der Waals surface area contributed by atoms with Crippen molar-refractivity contribution >= 4 is 29.1 Å². The number of carbonyl (C=O) groups is 2. The van der Waals surface area contributed by atoms with Crippen LogP contribution in [-0.2, 0) is 9.59 Å². The number of amides is 2. The van der Waals surface area contributed by atoms with Gasteiger partial charge in [0.15, 0.2) is 11.7 Å². The lowest BCUT2D eigenvalue weighted by molar-refractivity contribution is -0.124. The highest BCUT2D eigenvalue weighted by atomic mass is 32.1. The van der Waals surface area contributed by atoms with Crippen LogP contribution < -0.4 is 20.9 Å². The van der Waals surface area contributed by atoms with Gasteiger partial charge in [0.2, 0.25) is 5.91 Å². The summed E-state index contributed by atoms with van der Waals surface area (Å²) in [6.45, 7) is 1.98. The fourth-order valence-corrected chi connectivity index (χ4v) is 2.96. The van der Waals surface area contributed by atoms with Crippen molar-refractivity contribution in [2.75, 3.05) is 6.61 Å². The second kappa shape index (κ2) is 13.3. The van der Waals surface area contributed by atoms with Crippen molar-refractivity contribution in [3.8, 4) is 16.9 Å². The van der Waals surface area contributed by atoms with E-state index in [-0.39, 0.29) is 17.6 Å². The van der Waals surface area contributed by atoms with E-state index in [9.17, 15) is 9.59 Å². The Morgan fingerprint density at radius 2 is 1.50 bits per heavy atom. The third-order valence-electron chi connectivity index (χ3n) is 4.41. The molecule has 3 N–H and O–H groups in total. The first kappa shape index (κ1) is 23.3. The van der Waals surface area contributed by atoms with Crippen LogP contribution in [0.1, 0.15) is 45.4 Å². The molecule has 0 bridgehead atoms. The fraction of sp³-hybridized carbons (Fsp3) is 0.348. The molecule has 0 saturated heterocycles. The van der Waals surface area contributed by atoms with Gasteiger partial charge in [-0.15, -0.1) is 0 Å². The molecule has 6 nitrogen and oxygen atoms in total. The van der Waals surface area contributed by atoms with Gasteiger partial charge in [-0.25, -0.2) is 0 Å². The van der Waals surface area contributed by atoms with Gasteiger partial charge in [0, 0.05) is 6.42 Å². The average molecular weight is 428 g/mol. The lowest BCUT2D eigenvalue weighted by Gasteiger charge is -2.11.